The van der Waals surface area contributed by atoms with E-state index in [1.165, 1.54) is 6.20 Å². The van der Waals surface area contributed by atoms with Gasteiger partial charge in [0.25, 0.3) is 5.91 Å². The molecule has 4 N–H and O–H groups in total. The van der Waals surface area contributed by atoms with Crippen molar-refractivity contribution in [3.63, 3.8) is 0 Å². The van der Waals surface area contributed by atoms with E-state index in [2.05, 4.69) is 15.6 Å². The van der Waals surface area contributed by atoms with Crippen molar-refractivity contribution in [1.29, 1.82) is 0 Å². The lowest BCUT2D eigenvalue weighted by Crippen LogP contribution is -2.45. The summed E-state index contributed by atoms with van der Waals surface area (Å²) in [5, 5.41) is 5.27. The molecule has 1 rings (SSSR count). The van der Waals surface area contributed by atoms with Gasteiger partial charge in [-0.05, 0) is 19.1 Å². The maximum Gasteiger partial charge on any atom is 0.252 e. The number of nitrogens with zero attached hydrogens (tertiary/aromatic N) is 1. The first-order valence-corrected chi connectivity index (χ1v) is 6.31. The number of aromatic nitrogens is 1. The number of methoxy groups -OCH3 is 1. The summed E-state index contributed by atoms with van der Waals surface area (Å²) < 4.78 is 4.83. The maximum atomic E-state index is 12.0. The Labute approximate surface area is 117 Å². The molecule has 1 atom stereocenters. The average molecular weight is 280 g/mol. The molecule has 110 valence electrons. The molecule has 1 heterocycles. The van der Waals surface area contributed by atoms with E-state index in [1.54, 1.807) is 26.2 Å². The van der Waals surface area contributed by atoms with Crippen molar-refractivity contribution in [2.24, 2.45) is 5.73 Å². The van der Waals surface area contributed by atoms with Crippen LogP contribution < -0.4 is 16.4 Å². The van der Waals surface area contributed by atoms with E-state index in [0.29, 0.717) is 24.4 Å². The van der Waals surface area contributed by atoms with Gasteiger partial charge in [0, 0.05) is 32.0 Å². The van der Waals surface area contributed by atoms with E-state index in [0.717, 1.165) is 0 Å². The van der Waals surface area contributed by atoms with Gasteiger partial charge in [-0.3, -0.25) is 14.6 Å². The van der Waals surface area contributed by atoms with Gasteiger partial charge in [0.2, 0.25) is 5.91 Å². The van der Waals surface area contributed by atoms with Crippen LogP contribution in [-0.2, 0) is 16.1 Å². The third-order valence-corrected chi connectivity index (χ3v) is 2.63. The van der Waals surface area contributed by atoms with Gasteiger partial charge in [-0.25, -0.2) is 0 Å². The molecular weight excluding hydrogens is 260 g/mol. The fourth-order valence-electron chi connectivity index (χ4n) is 1.51. The molecule has 0 bridgehead atoms. The minimum atomic E-state index is -0.631. The highest BCUT2D eigenvalue weighted by Gasteiger charge is 2.16. The summed E-state index contributed by atoms with van der Waals surface area (Å²) in [6.45, 7) is 2.71. The Hall–Kier alpha value is -1.99. The normalized spacial score (nSPS) is 11.8. The molecule has 20 heavy (non-hydrogen) atoms. The van der Waals surface area contributed by atoms with Gasteiger partial charge in [-0.2, -0.15) is 0 Å². The second-order valence-electron chi connectivity index (χ2n) is 4.22. The average Bonchev–Trinajstić information content (AvgIpc) is 2.47. The molecule has 1 aromatic heterocycles. The summed E-state index contributed by atoms with van der Waals surface area (Å²) in [5.41, 5.74) is 6.51. The Morgan fingerprint density at radius 1 is 1.50 bits per heavy atom. The number of hydrogen-bond acceptors (Lipinski definition) is 5. The summed E-state index contributed by atoms with van der Waals surface area (Å²) >= 11 is 0. The topological polar surface area (TPSA) is 106 Å². The number of nitrogens with one attached hydrogen (secondary N) is 2. The number of amides is 2. The Morgan fingerprint density at radius 2 is 2.25 bits per heavy atom. The molecule has 0 aliphatic carbocycles. The molecule has 0 radical (unpaired) electrons. The van der Waals surface area contributed by atoms with E-state index in [1.807, 2.05) is 0 Å². The fraction of sp³-hybridized carbons (Fsp3) is 0.462. The first-order chi connectivity index (χ1) is 9.58. The van der Waals surface area contributed by atoms with Crippen LogP contribution >= 0.6 is 0 Å². The van der Waals surface area contributed by atoms with Crippen molar-refractivity contribution >= 4 is 11.8 Å². The molecule has 0 spiro atoms. The van der Waals surface area contributed by atoms with E-state index in [9.17, 15) is 9.59 Å². The number of carbonyl (C=O) groups excluding carboxylic acids is 2. The highest BCUT2D eigenvalue weighted by molar-refractivity contribution is 5.97. The molecule has 0 saturated heterocycles. The molecule has 0 aromatic carbocycles. The standard InChI is InChI=1S/C13H20N4O3/c1-9(12(18)16-5-6-20-2)17-13(19)10-3-4-15-11(7-10)8-14/h3-4,7,9H,5-6,8,14H2,1-2H3,(H,16,18)(H,17,19). The molecular formula is C13H20N4O3. The van der Waals surface area contributed by atoms with Gasteiger partial charge < -0.3 is 21.1 Å². The number of nitrogens with two attached hydrogens (primary N) is 1. The third kappa shape index (κ3) is 4.94. The van der Waals surface area contributed by atoms with Crippen molar-refractivity contribution < 1.29 is 14.3 Å². The van der Waals surface area contributed by atoms with Crippen LogP contribution in [0.2, 0.25) is 0 Å². The van der Waals surface area contributed by atoms with Crippen LogP contribution in [0.25, 0.3) is 0 Å². The summed E-state index contributed by atoms with van der Waals surface area (Å²) in [6, 6.07) is 2.54. The van der Waals surface area contributed by atoms with E-state index in [-0.39, 0.29) is 18.4 Å². The summed E-state index contributed by atoms with van der Waals surface area (Å²) in [7, 11) is 1.55. The van der Waals surface area contributed by atoms with Crippen LogP contribution in [0, 0.1) is 0 Å². The van der Waals surface area contributed by atoms with Crippen molar-refractivity contribution in [1.82, 2.24) is 15.6 Å². The first kappa shape index (κ1) is 16.1. The quantitative estimate of drug-likeness (QED) is 0.579. The Morgan fingerprint density at radius 3 is 2.90 bits per heavy atom. The lowest BCUT2D eigenvalue weighted by atomic mass is 10.2. The number of rotatable bonds is 7. The Kier molecular flexibility index (Phi) is 6.61. The molecule has 2 amide bonds. The van der Waals surface area contributed by atoms with Crippen LogP contribution in [0.4, 0.5) is 0 Å². The molecule has 1 aromatic rings. The summed E-state index contributed by atoms with van der Waals surface area (Å²) in [6.07, 6.45) is 1.51. The molecule has 0 fully saturated rings. The van der Waals surface area contributed by atoms with Gasteiger partial charge in [-0.15, -0.1) is 0 Å². The zero-order chi connectivity index (χ0) is 15.0. The van der Waals surface area contributed by atoms with Crippen molar-refractivity contribution in [2.75, 3.05) is 20.3 Å². The highest BCUT2D eigenvalue weighted by Crippen LogP contribution is 2.01. The smallest absolute Gasteiger partial charge is 0.252 e. The van der Waals surface area contributed by atoms with Crippen molar-refractivity contribution in [2.45, 2.75) is 19.5 Å². The first-order valence-electron chi connectivity index (χ1n) is 6.31. The Balaban J connectivity index is 2.54. The zero-order valence-electron chi connectivity index (χ0n) is 11.7. The summed E-state index contributed by atoms with van der Waals surface area (Å²) in [4.78, 5) is 27.7. The predicted molar refractivity (Wildman–Crippen MR) is 73.9 cm³/mol. The van der Waals surface area contributed by atoms with Crippen LogP contribution in [0.1, 0.15) is 23.0 Å². The third-order valence-electron chi connectivity index (χ3n) is 2.63. The van der Waals surface area contributed by atoms with Gasteiger partial charge in [0.05, 0.1) is 12.3 Å². The van der Waals surface area contributed by atoms with E-state index < -0.39 is 6.04 Å². The van der Waals surface area contributed by atoms with Crippen LogP contribution in [0.3, 0.4) is 0 Å². The molecule has 7 nitrogen and oxygen atoms in total. The second-order valence-corrected chi connectivity index (χ2v) is 4.22. The van der Waals surface area contributed by atoms with Gasteiger partial charge in [-0.1, -0.05) is 0 Å². The van der Waals surface area contributed by atoms with Crippen molar-refractivity contribution in [3.05, 3.63) is 29.6 Å². The zero-order valence-corrected chi connectivity index (χ0v) is 11.7. The van der Waals surface area contributed by atoms with Crippen LogP contribution in [-0.4, -0.2) is 43.1 Å². The second kappa shape index (κ2) is 8.23. The lowest BCUT2D eigenvalue weighted by molar-refractivity contribution is -0.122. The van der Waals surface area contributed by atoms with Gasteiger partial charge in [0.1, 0.15) is 6.04 Å². The largest absolute Gasteiger partial charge is 0.383 e. The Bertz CT molecular complexity index is 465. The fourth-order valence-corrected chi connectivity index (χ4v) is 1.51. The van der Waals surface area contributed by atoms with Crippen molar-refractivity contribution in [3.8, 4) is 0 Å². The van der Waals surface area contributed by atoms with Gasteiger partial charge >= 0.3 is 0 Å². The molecule has 7 heteroatoms. The monoisotopic (exact) mass is 280 g/mol. The number of pyridine rings is 1. The lowest BCUT2D eigenvalue weighted by Gasteiger charge is -2.14. The van der Waals surface area contributed by atoms with E-state index >= 15 is 0 Å². The maximum absolute atomic E-state index is 12.0. The predicted octanol–water partition coefficient (Wildman–Crippen LogP) is -0.579. The molecule has 0 aliphatic heterocycles. The highest BCUT2D eigenvalue weighted by atomic mass is 16.5. The van der Waals surface area contributed by atoms with Gasteiger partial charge in [0.15, 0.2) is 0 Å². The minimum absolute atomic E-state index is 0.258. The van der Waals surface area contributed by atoms with E-state index in [4.69, 9.17) is 10.5 Å². The molecule has 0 aliphatic rings. The van der Waals surface area contributed by atoms with Crippen LogP contribution in [0.5, 0.6) is 0 Å². The van der Waals surface area contributed by atoms with Crippen LogP contribution in [0.15, 0.2) is 18.3 Å². The minimum Gasteiger partial charge on any atom is -0.383 e. The molecule has 0 saturated carbocycles. The number of ether oxygens (including phenoxy) is 1. The number of carbonyl (C=O) groups is 2. The number of hydrogen-bond donors (Lipinski definition) is 3. The SMILES string of the molecule is COCCNC(=O)C(C)NC(=O)c1ccnc(CN)c1. The summed E-state index contributed by atoms with van der Waals surface area (Å²) in [5.74, 6) is -0.597. The molecule has 1 unspecified atom stereocenters.